The summed E-state index contributed by atoms with van der Waals surface area (Å²) in [5.74, 6) is -0.990. The van der Waals surface area contributed by atoms with Crippen LogP contribution in [-0.2, 0) is 5.41 Å². The van der Waals surface area contributed by atoms with Crippen molar-refractivity contribution in [1.29, 1.82) is 0 Å². The van der Waals surface area contributed by atoms with Gasteiger partial charge in [-0.05, 0) is 35.6 Å². The van der Waals surface area contributed by atoms with Crippen LogP contribution >= 0.6 is 0 Å². The van der Waals surface area contributed by atoms with Crippen LogP contribution in [0.5, 0.6) is 0 Å². The van der Waals surface area contributed by atoms with Crippen LogP contribution in [0.1, 0.15) is 42.4 Å². The predicted molar refractivity (Wildman–Crippen MR) is 84.0 cm³/mol. The van der Waals surface area contributed by atoms with Crippen molar-refractivity contribution in [2.75, 3.05) is 0 Å². The molecule has 4 heteroatoms. The van der Waals surface area contributed by atoms with E-state index in [4.69, 9.17) is 0 Å². The van der Waals surface area contributed by atoms with Crippen LogP contribution in [0.3, 0.4) is 0 Å². The molecule has 108 valence electrons. The van der Waals surface area contributed by atoms with Crippen LogP contribution in [0.25, 0.3) is 21.8 Å². The van der Waals surface area contributed by atoms with Gasteiger partial charge in [-0.15, -0.1) is 0 Å². The highest BCUT2D eigenvalue weighted by molar-refractivity contribution is 6.11. The number of aromatic amines is 1. The van der Waals surface area contributed by atoms with E-state index in [0.717, 1.165) is 21.8 Å². The summed E-state index contributed by atoms with van der Waals surface area (Å²) in [7, 11) is 0. The Morgan fingerprint density at radius 1 is 1.24 bits per heavy atom. The highest BCUT2D eigenvalue weighted by atomic mass is 16.4. The summed E-state index contributed by atoms with van der Waals surface area (Å²) in [5, 5.41) is 11.2. The van der Waals surface area contributed by atoms with Gasteiger partial charge in [-0.25, -0.2) is 9.78 Å². The molecule has 0 saturated heterocycles. The molecule has 2 aromatic heterocycles. The molecule has 2 heterocycles. The van der Waals surface area contributed by atoms with Crippen molar-refractivity contribution >= 4 is 27.8 Å². The molecule has 0 radical (unpaired) electrons. The largest absolute Gasteiger partial charge is 0.477 e. The van der Waals surface area contributed by atoms with Crippen LogP contribution in [0.2, 0.25) is 0 Å². The van der Waals surface area contributed by atoms with Crippen molar-refractivity contribution in [2.45, 2.75) is 33.1 Å². The van der Waals surface area contributed by atoms with Gasteiger partial charge in [0.25, 0.3) is 0 Å². The number of pyridine rings is 1. The standard InChI is InChI=1S/C17H18N2O2/c1-9-14-11-7-10(17(2,3)4)5-6-12(11)19-13(14)8-18-15(9)16(20)21/h5-8,19H,1-4H3,(H,20,21). The average molecular weight is 282 g/mol. The van der Waals surface area contributed by atoms with Gasteiger partial charge in [0.05, 0.1) is 11.7 Å². The Morgan fingerprint density at radius 2 is 1.95 bits per heavy atom. The van der Waals surface area contributed by atoms with Crippen molar-refractivity contribution in [2.24, 2.45) is 0 Å². The maximum absolute atomic E-state index is 11.3. The van der Waals surface area contributed by atoms with E-state index in [-0.39, 0.29) is 11.1 Å². The summed E-state index contributed by atoms with van der Waals surface area (Å²) in [6.07, 6.45) is 1.60. The lowest BCUT2D eigenvalue weighted by molar-refractivity contribution is 0.0690. The summed E-state index contributed by atoms with van der Waals surface area (Å²) < 4.78 is 0. The molecule has 3 rings (SSSR count). The Labute approximate surface area is 122 Å². The number of carboxylic acid groups (broad SMARTS) is 1. The maximum atomic E-state index is 11.3. The van der Waals surface area contributed by atoms with E-state index in [1.165, 1.54) is 5.56 Å². The summed E-state index contributed by atoms with van der Waals surface area (Å²) in [4.78, 5) is 18.6. The van der Waals surface area contributed by atoms with Gasteiger partial charge in [0.2, 0.25) is 0 Å². The Bertz CT molecular complexity index is 870. The smallest absolute Gasteiger partial charge is 0.354 e. The topological polar surface area (TPSA) is 66.0 Å². The lowest BCUT2D eigenvalue weighted by atomic mass is 9.86. The fourth-order valence-electron chi connectivity index (χ4n) is 2.74. The molecule has 0 saturated carbocycles. The zero-order valence-electron chi connectivity index (χ0n) is 12.6. The van der Waals surface area contributed by atoms with Crippen molar-refractivity contribution in [1.82, 2.24) is 9.97 Å². The van der Waals surface area contributed by atoms with E-state index in [1.807, 2.05) is 6.92 Å². The van der Waals surface area contributed by atoms with E-state index in [9.17, 15) is 9.90 Å². The number of carbonyl (C=O) groups is 1. The number of aromatic carboxylic acids is 1. The van der Waals surface area contributed by atoms with Crippen LogP contribution in [0.4, 0.5) is 0 Å². The van der Waals surface area contributed by atoms with E-state index in [1.54, 1.807) is 6.20 Å². The Balaban J connectivity index is 2.42. The first-order valence-corrected chi connectivity index (χ1v) is 6.94. The molecule has 0 spiro atoms. The number of aryl methyl sites for hydroxylation is 1. The Kier molecular flexibility index (Phi) is 2.80. The van der Waals surface area contributed by atoms with Crippen molar-refractivity contribution in [3.63, 3.8) is 0 Å². The molecule has 1 aromatic carbocycles. The van der Waals surface area contributed by atoms with Crippen LogP contribution in [-0.4, -0.2) is 21.0 Å². The van der Waals surface area contributed by atoms with E-state index in [0.29, 0.717) is 5.56 Å². The number of fused-ring (bicyclic) bond motifs is 3. The van der Waals surface area contributed by atoms with Gasteiger partial charge >= 0.3 is 5.97 Å². The van der Waals surface area contributed by atoms with Crippen molar-refractivity contribution < 1.29 is 9.90 Å². The molecule has 3 aromatic rings. The number of hydrogen-bond acceptors (Lipinski definition) is 2. The fraction of sp³-hybridized carbons (Fsp3) is 0.294. The fourth-order valence-corrected chi connectivity index (χ4v) is 2.74. The van der Waals surface area contributed by atoms with Crippen LogP contribution < -0.4 is 0 Å². The molecule has 0 bridgehead atoms. The van der Waals surface area contributed by atoms with Crippen LogP contribution in [0, 0.1) is 6.92 Å². The summed E-state index contributed by atoms with van der Waals surface area (Å²) in [6.45, 7) is 8.32. The van der Waals surface area contributed by atoms with Gasteiger partial charge in [0.1, 0.15) is 0 Å². The summed E-state index contributed by atoms with van der Waals surface area (Å²) >= 11 is 0. The minimum atomic E-state index is -0.990. The summed E-state index contributed by atoms with van der Waals surface area (Å²) in [5.41, 5.74) is 3.98. The minimum absolute atomic E-state index is 0.0499. The quantitative estimate of drug-likeness (QED) is 0.708. The number of nitrogens with one attached hydrogen (secondary N) is 1. The highest BCUT2D eigenvalue weighted by Gasteiger charge is 2.18. The average Bonchev–Trinajstić information content (AvgIpc) is 2.75. The molecule has 0 amide bonds. The Hall–Kier alpha value is -2.36. The zero-order valence-corrected chi connectivity index (χ0v) is 12.6. The second kappa shape index (κ2) is 4.32. The van der Waals surface area contributed by atoms with Gasteiger partial charge in [0, 0.05) is 16.3 Å². The van der Waals surface area contributed by atoms with E-state index < -0.39 is 5.97 Å². The van der Waals surface area contributed by atoms with E-state index >= 15 is 0 Å². The minimum Gasteiger partial charge on any atom is -0.477 e. The molecular formula is C17H18N2O2. The number of carboxylic acids is 1. The molecule has 0 fully saturated rings. The second-order valence-electron chi connectivity index (χ2n) is 6.46. The second-order valence-corrected chi connectivity index (χ2v) is 6.46. The molecule has 0 aliphatic rings. The lowest BCUT2D eigenvalue weighted by Gasteiger charge is -2.19. The van der Waals surface area contributed by atoms with Crippen LogP contribution in [0.15, 0.2) is 24.4 Å². The molecule has 2 N–H and O–H groups in total. The van der Waals surface area contributed by atoms with Gasteiger partial charge in [-0.2, -0.15) is 0 Å². The number of rotatable bonds is 1. The number of H-pyrrole nitrogens is 1. The SMILES string of the molecule is Cc1c(C(=O)O)ncc2[nH]c3ccc(C(C)(C)C)cc3c12. The van der Waals surface area contributed by atoms with Crippen molar-refractivity contribution in [3.8, 4) is 0 Å². The third-order valence-corrected chi connectivity index (χ3v) is 3.95. The van der Waals surface area contributed by atoms with Gasteiger partial charge < -0.3 is 10.1 Å². The summed E-state index contributed by atoms with van der Waals surface area (Å²) in [6, 6.07) is 6.31. The maximum Gasteiger partial charge on any atom is 0.354 e. The first-order valence-electron chi connectivity index (χ1n) is 6.94. The normalized spacial score (nSPS) is 12.2. The van der Waals surface area contributed by atoms with Gasteiger partial charge in [-0.3, -0.25) is 0 Å². The third-order valence-electron chi connectivity index (χ3n) is 3.95. The molecule has 0 aliphatic carbocycles. The molecule has 21 heavy (non-hydrogen) atoms. The molecule has 0 atom stereocenters. The first kappa shape index (κ1) is 13.6. The number of nitrogens with zero attached hydrogens (tertiary/aromatic N) is 1. The molecule has 4 nitrogen and oxygen atoms in total. The molecular weight excluding hydrogens is 264 g/mol. The van der Waals surface area contributed by atoms with Gasteiger partial charge in [0.15, 0.2) is 5.69 Å². The first-order chi connectivity index (χ1) is 9.79. The van der Waals surface area contributed by atoms with Gasteiger partial charge in [-0.1, -0.05) is 26.8 Å². The Morgan fingerprint density at radius 3 is 2.57 bits per heavy atom. The lowest BCUT2D eigenvalue weighted by Crippen LogP contribution is -2.10. The zero-order chi connectivity index (χ0) is 15.4. The third kappa shape index (κ3) is 2.07. The molecule has 0 aliphatic heterocycles. The highest BCUT2D eigenvalue weighted by Crippen LogP contribution is 2.32. The van der Waals surface area contributed by atoms with Crippen molar-refractivity contribution in [3.05, 3.63) is 41.2 Å². The number of benzene rings is 1. The molecule has 0 unspecified atom stereocenters. The predicted octanol–water partition coefficient (Wildman–Crippen LogP) is 4.02. The number of aromatic nitrogens is 2. The monoisotopic (exact) mass is 282 g/mol. The van der Waals surface area contributed by atoms with E-state index in [2.05, 4.69) is 48.9 Å². The number of hydrogen-bond donors (Lipinski definition) is 2.